The van der Waals surface area contributed by atoms with E-state index in [2.05, 4.69) is 10.2 Å². The number of nitrogens with one attached hydrogen (secondary N) is 1. The van der Waals surface area contributed by atoms with Crippen LogP contribution in [0, 0.1) is 0 Å². The second-order valence-electron chi connectivity index (χ2n) is 2.55. The number of unbranched alkanes of at least 4 members (excludes halogenated alkanes) is 1. The summed E-state index contributed by atoms with van der Waals surface area (Å²) in [6, 6.07) is 0. The molecule has 0 aromatic carbocycles. The van der Waals surface area contributed by atoms with E-state index < -0.39 is 0 Å². The van der Waals surface area contributed by atoms with Crippen molar-refractivity contribution in [1.82, 2.24) is 10.2 Å². The molecule has 62 valence electrons. The predicted molar refractivity (Wildman–Crippen MR) is 45.0 cm³/mol. The number of nitrogen functional groups attached to an aromatic ring is 1. The fourth-order valence-corrected chi connectivity index (χ4v) is 0.980. The van der Waals surface area contributed by atoms with Crippen LogP contribution in [0.2, 0.25) is 0 Å². The lowest BCUT2D eigenvalue weighted by Gasteiger charge is -1.96. The average Bonchev–Trinajstić information content (AvgIpc) is 2.37. The van der Waals surface area contributed by atoms with Crippen LogP contribution in [0.15, 0.2) is 6.20 Å². The third-order valence-corrected chi connectivity index (χ3v) is 1.65. The van der Waals surface area contributed by atoms with Crippen molar-refractivity contribution in [1.29, 1.82) is 0 Å². The average molecular weight is 154 g/mol. The van der Waals surface area contributed by atoms with Crippen LogP contribution in [0.5, 0.6) is 0 Å². The van der Waals surface area contributed by atoms with Crippen LogP contribution < -0.4 is 11.5 Å². The number of aromatic nitrogens is 2. The lowest BCUT2D eigenvalue weighted by atomic mass is 10.1. The summed E-state index contributed by atoms with van der Waals surface area (Å²) in [7, 11) is 0. The van der Waals surface area contributed by atoms with Gasteiger partial charge in [-0.2, -0.15) is 5.10 Å². The molecule has 0 saturated heterocycles. The van der Waals surface area contributed by atoms with E-state index in [1.807, 2.05) is 0 Å². The van der Waals surface area contributed by atoms with Gasteiger partial charge in [0.2, 0.25) is 0 Å². The normalized spacial score (nSPS) is 10.3. The minimum Gasteiger partial charge on any atom is -0.384 e. The molecule has 0 radical (unpaired) electrons. The van der Waals surface area contributed by atoms with Crippen LogP contribution in [-0.2, 0) is 6.42 Å². The molecular formula is C7H14N4. The molecular weight excluding hydrogens is 140 g/mol. The molecule has 0 bridgehead atoms. The maximum absolute atomic E-state index is 5.57. The minimum atomic E-state index is 0.682. The lowest BCUT2D eigenvalue weighted by Crippen LogP contribution is -1.99. The molecule has 0 saturated carbocycles. The van der Waals surface area contributed by atoms with Crippen molar-refractivity contribution < 1.29 is 0 Å². The number of rotatable bonds is 4. The Hall–Kier alpha value is -1.03. The number of H-pyrrole nitrogens is 1. The van der Waals surface area contributed by atoms with Crippen molar-refractivity contribution in [2.45, 2.75) is 19.3 Å². The lowest BCUT2D eigenvalue weighted by molar-refractivity contribution is 0.746. The number of nitrogens with two attached hydrogens (primary N) is 2. The monoisotopic (exact) mass is 154 g/mol. The third-order valence-electron chi connectivity index (χ3n) is 1.65. The van der Waals surface area contributed by atoms with E-state index in [-0.39, 0.29) is 0 Å². The molecule has 4 nitrogen and oxygen atoms in total. The number of aryl methyl sites for hydroxylation is 1. The summed E-state index contributed by atoms with van der Waals surface area (Å²) in [6.07, 6.45) is 4.87. The molecule has 0 unspecified atom stereocenters. The van der Waals surface area contributed by atoms with Crippen molar-refractivity contribution in [3.8, 4) is 0 Å². The molecule has 1 heterocycles. The molecule has 1 aromatic rings. The molecule has 0 spiro atoms. The number of anilines is 1. The smallest absolute Gasteiger partial charge is 0.121 e. The minimum absolute atomic E-state index is 0.682. The first-order valence-electron chi connectivity index (χ1n) is 3.82. The van der Waals surface area contributed by atoms with Gasteiger partial charge < -0.3 is 11.5 Å². The Morgan fingerprint density at radius 1 is 1.45 bits per heavy atom. The fourth-order valence-electron chi connectivity index (χ4n) is 0.980. The molecule has 0 atom stereocenters. The number of aromatic amines is 1. The predicted octanol–water partition coefficient (Wildman–Crippen LogP) is 0.273. The highest BCUT2D eigenvalue weighted by molar-refractivity contribution is 5.36. The van der Waals surface area contributed by atoms with Crippen LogP contribution >= 0.6 is 0 Å². The highest BCUT2D eigenvalue weighted by Crippen LogP contribution is 2.09. The molecule has 11 heavy (non-hydrogen) atoms. The van der Waals surface area contributed by atoms with Gasteiger partial charge in [0, 0.05) is 5.56 Å². The summed E-state index contributed by atoms with van der Waals surface area (Å²) in [6.45, 7) is 0.748. The van der Waals surface area contributed by atoms with Gasteiger partial charge in [0.15, 0.2) is 0 Å². The van der Waals surface area contributed by atoms with Crippen LogP contribution in [0.1, 0.15) is 18.4 Å². The van der Waals surface area contributed by atoms with E-state index in [0.717, 1.165) is 31.4 Å². The van der Waals surface area contributed by atoms with Crippen molar-refractivity contribution in [2.24, 2.45) is 5.73 Å². The van der Waals surface area contributed by atoms with E-state index in [1.165, 1.54) is 0 Å². The zero-order valence-corrected chi connectivity index (χ0v) is 6.51. The summed E-state index contributed by atoms with van der Waals surface area (Å²) in [4.78, 5) is 0. The SMILES string of the molecule is NCCCCc1cn[nH]c1N. The van der Waals surface area contributed by atoms with Gasteiger partial charge in [-0.25, -0.2) is 0 Å². The first kappa shape index (κ1) is 8.07. The summed E-state index contributed by atoms with van der Waals surface area (Å²) >= 11 is 0. The maximum Gasteiger partial charge on any atom is 0.121 e. The molecule has 1 aromatic heterocycles. The standard InChI is InChI=1S/C7H14N4/c8-4-2-1-3-6-5-10-11-7(6)9/h5H,1-4,8H2,(H3,9,10,11). The first-order chi connectivity index (χ1) is 5.34. The second-order valence-corrected chi connectivity index (χ2v) is 2.55. The van der Waals surface area contributed by atoms with Gasteiger partial charge in [0.05, 0.1) is 6.20 Å². The van der Waals surface area contributed by atoms with Crippen molar-refractivity contribution in [3.05, 3.63) is 11.8 Å². The highest BCUT2D eigenvalue weighted by Gasteiger charge is 1.98. The van der Waals surface area contributed by atoms with Gasteiger partial charge in [-0.3, -0.25) is 5.10 Å². The van der Waals surface area contributed by atoms with E-state index in [1.54, 1.807) is 6.20 Å². The summed E-state index contributed by atoms with van der Waals surface area (Å²) < 4.78 is 0. The molecule has 5 N–H and O–H groups in total. The molecule has 0 aliphatic carbocycles. The van der Waals surface area contributed by atoms with Gasteiger partial charge in [-0.1, -0.05) is 0 Å². The van der Waals surface area contributed by atoms with E-state index in [0.29, 0.717) is 5.82 Å². The zero-order valence-electron chi connectivity index (χ0n) is 6.51. The molecule has 1 rings (SSSR count). The Bertz CT molecular complexity index is 206. The van der Waals surface area contributed by atoms with Gasteiger partial charge in [-0.05, 0) is 25.8 Å². The second kappa shape index (κ2) is 3.98. The molecule has 0 amide bonds. The summed E-state index contributed by atoms with van der Waals surface area (Å²) in [5.41, 5.74) is 12.0. The van der Waals surface area contributed by atoms with E-state index in [9.17, 15) is 0 Å². The Kier molecular flexibility index (Phi) is 2.92. The van der Waals surface area contributed by atoms with Gasteiger partial charge in [0.1, 0.15) is 5.82 Å². The van der Waals surface area contributed by atoms with Crippen molar-refractivity contribution >= 4 is 5.82 Å². The molecule has 0 fully saturated rings. The topological polar surface area (TPSA) is 80.7 Å². The number of hydrogen-bond donors (Lipinski definition) is 3. The van der Waals surface area contributed by atoms with Gasteiger partial charge in [0.25, 0.3) is 0 Å². The molecule has 0 aliphatic rings. The Morgan fingerprint density at radius 2 is 2.27 bits per heavy atom. The van der Waals surface area contributed by atoms with Crippen molar-refractivity contribution in [2.75, 3.05) is 12.3 Å². The van der Waals surface area contributed by atoms with Gasteiger partial charge >= 0.3 is 0 Å². The molecule has 4 heteroatoms. The fraction of sp³-hybridized carbons (Fsp3) is 0.571. The van der Waals surface area contributed by atoms with Crippen LogP contribution in [-0.4, -0.2) is 16.7 Å². The zero-order chi connectivity index (χ0) is 8.10. The van der Waals surface area contributed by atoms with Crippen molar-refractivity contribution in [3.63, 3.8) is 0 Å². The maximum atomic E-state index is 5.57. The number of hydrogen-bond acceptors (Lipinski definition) is 3. The quantitative estimate of drug-likeness (QED) is 0.545. The Morgan fingerprint density at radius 3 is 2.82 bits per heavy atom. The highest BCUT2D eigenvalue weighted by atomic mass is 15.1. The van der Waals surface area contributed by atoms with Crippen LogP contribution in [0.25, 0.3) is 0 Å². The third kappa shape index (κ3) is 2.23. The van der Waals surface area contributed by atoms with E-state index in [4.69, 9.17) is 11.5 Å². The van der Waals surface area contributed by atoms with Crippen LogP contribution in [0.3, 0.4) is 0 Å². The Balaban J connectivity index is 2.32. The Labute approximate surface area is 66.0 Å². The summed E-state index contributed by atoms with van der Waals surface area (Å²) in [5.74, 6) is 0.682. The summed E-state index contributed by atoms with van der Waals surface area (Å²) in [5, 5.41) is 6.51. The largest absolute Gasteiger partial charge is 0.384 e. The number of nitrogens with zero attached hydrogens (tertiary/aromatic N) is 1. The van der Waals surface area contributed by atoms with Crippen LogP contribution in [0.4, 0.5) is 5.82 Å². The van der Waals surface area contributed by atoms with Gasteiger partial charge in [-0.15, -0.1) is 0 Å². The molecule has 0 aliphatic heterocycles. The first-order valence-corrected chi connectivity index (χ1v) is 3.82. The van der Waals surface area contributed by atoms with E-state index >= 15 is 0 Å².